The van der Waals surface area contributed by atoms with Crippen molar-refractivity contribution < 1.29 is 4.74 Å². The molecule has 2 aromatic rings. The van der Waals surface area contributed by atoms with Crippen LogP contribution in [0.25, 0.3) is 0 Å². The van der Waals surface area contributed by atoms with Crippen molar-refractivity contribution in [1.29, 1.82) is 5.26 Å². The van der Waals surface area contributed by atoms with E-state index in [0.717, 1.165) is 49.6 Å². The summed E-state index contributed by atoms with van der Waals surface area (Å²) < 4.78 is 5.57. The molecule has 1 aliphatic carbocycles. The molecule has 3 heterocycles. The van der Waals surface area contributed by atoms with Crippen molar-refractivity contribution in [2.45, 2.75) is 50.5 Å². The highest BCUT2D eigenvalue weighted by Gasteiger charge is 2.37. The van der Waals surface area contributed by atoms with Gasteiger partial charge in [0, 0.05) is 18.7 Å². The first-order chi connectivity index (χ1) is 13.2. The van der Waals surface area contributed by atoms with Crippen LogP contribution in [0.5, 0.6) is 0 Å². The van der Waals surface area contributed by atoms with E-state index < -0.39 is 5.41 Å². The fraction of sp³-hybridized carbons (Fsp3) is 0.579. The van der Waals surface area contributed by atoms with Gasteiger partial charge in [0.2, 0.25) is 5.95 Å². The molecule has 0 bridgehead atoms. The highest BCUT2D eigenvalue weighted by Crippen LogP contribution is 2.39. The predicted molar refractivity (Wildman–Crippen MR) is 102 cm³/mol. The van der Waals surface area contributed by atoms with Crippen molar-refractivity contribution in [2.75, 3.05) is 30.0 Å². The van der Waals surface area contributed by atoms with Crippen molar-refractivity contribution in [3.63, 3.8) is 0 Å². The van der Waals surface area contributed by atoms with Gasteiger partial charge in [-0.25, -0.2) is 4.98 Å². The Morgan fingerprint density at radius 3 is 2.89 bits per heavy atom. The van der Waals surface area contributed by atoms with E-state index in [1.54, 1.807) is 6.20 Å². The van der Waals surface area contributed by atoms with Gasteiger partial charge in [-0.3, -0.25) is 5.10 Å². The third-order valence-corrected chi connectivity index (χ3v) is 5.53. The third-order valence-electron chi connectivity index (χ3n) is 5.53. The molecular formula is C19H25N7O. The summed E-state index contributed by atoms with van der Waals surface area (Å²) in [5, 5.41) is 20.0. The lowest BCUT2D eigenvalue weighted by Gasteiger charge is -2.36. The second-order valence-electron chi connectivity index (χ2n) is 7.40. The Hall–Kier alpha value is -2.66. The quantitative estimate of drug-likeness (QED) is 0.856. The van der Waals surface area contributed by atoms with Gasteiger partial charge in [-0.1, -0.05) is 19.3 Å². The number of nitriles is 1. The van der Waals surface area contributed by atoms with Crippen LogP contribution in [0.15, 0.2) is 18.3 Å². The van der Waals surface area contributed by atoms with E-state index in [2.05, 4.69) is 33.4 Å². The Morgan fingerprint density at radius 1 is 1.33 bits per heavy atom. The fourth-order valence-electron chi connectivity index (χ4n) is 3.98. The third kappa shape index (κ3) is 3.60. The maximum atomic E-state index is 10.0. The molecule has 1 unspecified atom stereocenters. The average Bonchev–Trinajstić information content (AvgIpc) is 3.21. The van der Waals surface area contributed by atoms with E-state index in [0.29, 0.717) is 19.2 Å². The van der Waals surface area contributed by atoms with Gasteiger partial charge in [0.15, 0.2) is 0 Å². The predicted octanol–water partition coefficient (Wildman–Crippen LogP) is 2.89. The van der Waals surface area contributed by atoms with Gasteiger partial charge < -0.3 is 15.0 Å². The molecule has 2 fully saturated rings. The molecule has 0 amide bonds. The van der Waals surface area contributed by atoms with Gasteiger partial charge in [0.1, 0.15) is 11.6 Å². The van der Waals surface area contributed by atoms with Crippen LogP contribution in [0.4, 0.5) is 17.6 Å². The molecule has 1 saturated heterocycles. The maximum absolute atomic E-state index is 10.0. The molecule has 0 aromatic carbocycles. The van der Waals surface area contributed by atoms with Crippen molar-refractivity contribution in [3.8, 4) is 6.07 Å². The van der Waals surface area contributed by atoms with E-state index >= 15 is 0 Å². The second-order valence-corrected chi connectivity index (χ2v) is 7.40. The number of nitrogens with zero attached hydrogens (tertiary/aromatic N) is 5. The van der Waals surface area contributed by atoms with Crippen LogP contribution in [-0.2, 0) is 10.2 Å². The molecular weight excluding hydrogens is 342 g/mol. The van der Waals surface area contributed by atoms with Crippen LogP contribution in [-0.4, -0.2) is 46.0 Å². The Kier molecular flexibility index (Phi) is 4.94. The van der Waals surface area contributed by atoms with E-state index in [4.69, 9.17) is 14.7 Å². The molecule has 8 heteroatoms. The molecule has 2 aliphatic rings. The van der Waals surface area contributed by atoms with Crippen LogP contribution in [0.1, 0.15) is 44.7 Å². The number of morpholine rings is 1. The highest BCUT2D eigenvalue weighted by molar-refractivity contribution is 5.54. The summed E-state index contributed by atoms with van der Waals surface area (Å²) >= 11 is 0. The molecule has 27 heavy (non-hydrogen) atoms. The number of rotatable bonds is 4. The molecule has 2 aromatic heterocycles. The fourth-order valence-corrected chi connectivity index (χ4v) is 3.98. The lowest BCUT2D eigenvalue weighted by Crippen LogP contribution is -2.44. The zero-order valence-electron chi connectivity index (χ0n) is 15.6. The summed E-state index contributed by atoms with van der Waals surface area (Å²) in [5.74, 6) is 2.06. The molecule has 2 N–H and O–H groups in total. The van der Waals surface area contributed by atoms with Crippen molar-refractivity contribution in [1.82, 2.24) is 20.2 Å². The van der Waals surface area contributed by atoms with Crippen molar-refractivity contribution >= 4 is 17.6 Å². The minimum absolute atomic E-state index is 0.228. The van der Waals surface area contributed by atoms with Crippen LogP contribution in [0, 0.1) is 11.3 Å². The average molecular weight is 367 g/mol. The lowest BCUT2D eigenvalue weighted by molar-refractivity contribution is 0.0985. The Morgan fingerprint density at radius 2 is 2.19 bits per heavy atom. The van der Waals surface area contributed by atoms with E-state index in [-0.39, 0.29) is 6.04 Å². The number of hydrogen-bond donors (Lipinski definition) is 2. The number of nitrogens with one attached hydrogen (secondary N) is 2. The van der Waals surface area contributed by atoms with Gasteiger partial charge in [0.05, 0.1) is 42.6 Å². The molecule has 0 radical (unpaired) electrons. The number of aromatic amines is 1. The van der Waals surface area contributed by atoms with Gasteiger partial charge in [-0.15, -0.1) is 0 Å². The molecule has 1 atom stereocenters. The summed E-state index contributed by atoms with van der Waals surface area (Å²) in [6, 6.07) is 6.64. The summed E-state index contributed by atoms with van der Waals surface area (Å²) in [6.07, 6.45) is 6.68. The molecule has 1 aliphatic heterocycles. The second kappa shape index (κ2) is 7.53. The minimum Gasteiger partial charge on any atom is -0.377 e. The van der Waals surface area contributed by atoms with Gasteiger partial charge in [0.25, 0.3) is 0 Å². The van der Waals surface area contributed by atoms with E-state index in [9.17, 15) is 5.26 Å². The lowest BCUT2D eigenvalue weighted by atomic mass is 9.73. The number of anilines is 3. The summed E-state index contributed by atoms with van der Waals surface area (Å²) in [4.78, 5) is 11.7. The summed E-state index contributed by atoms with van der Waals surface area (Å²) in [6.45, 7) is 4.26. The normalized spacial score (nSPS) is 22.2. The monoisotopic (exact) mass is 367 g/mol. The Bertz CT molecular complexity index is 808. The highest BCUT2D eigenvalue weighted by atomic mass is 16.5. The van der Waals surface area contributed by atoms with Crippen molar-refractivity contribution in [2.24, 2.45) is 0 Å². The minimum atomic E-state index is -0.532. The summed E-state index contributed by atoms with van der Waals surface area (Å²) in [5.41, 5.74) is 0.283. The zero-order valence-corrected chi connectivity index (χ0v) is 15.6. The Balaban J connectivity index is 1.75. The van der Waals surface area contributed by atoms with E-state index in [1.165, 1.54) is 6.42 Å². The van der Waals surface area contributed by atoms with Gasteiger partial charge in [-0.2, -0.15) is 15.3 Å². The molecule has 0 spiro atoms. The molecule has 8 nitrogen and oxygen atoms in total. The summed E-state index contributed by atoms with van der Waals surface area (Å²) in [7, 11) is 0. The molecule has 4 rings (SSSR count). The smallest absolute Gasteiger partial charge is 0.230 e. The first-order valence-electron chi connectivity index (χ1n) is 9.62. The maximum Gasteiger partial charge on any atom is 0.230 e. The van der Waals surface area contributed by atoms with Gasteiger partial charge in [-0.05, 0) is 19.8 Å². The standard InChI is InChI=1S/C19H25N7O/c1-14-12-27-10-9-26(14)17-11-15(19(13-20)6-3-2-4-7-19)22-18(24-17)23-16-5-8-21-25-16/h5,8,11,14H,2-4,6-7,9-10,12H2,1H3,(H2,21,22,23,24,25). The van der Waals surface area contributed by atoms with Crippen LogP contribution < -0.4 is 10.2 Å². The first-order valence-corrected chi connectivity index (χ1v) is 9.62. The molecule has 142 valence electrons. The number of aromatic nitrogens is 4. The number of ether oxygens (including phenoxy) is 1. The number of H-pyrrole nitrogens is 1. The van der Waals surface area contributed by atoms with Crippen molar-refractivity contribution in [3.05, 3.63) is 24.0 Å². The van der Waals surface area contributed by atoms with Crippen LogP contribution >= 0.6 is 0 Å². The zero-order chi connectivity index (χ0) is 18.7. The van der Waals surface area contributed by atoms with Crippen LogP contribution in [0.2, 0.25) is 0 Å². The molecule has 1 saturated carbocycles. The topological polar surface area (TPSA) is 103 Å². The largest absolute Gasteiger partial charge is 0.377 e. The van der Waals surface area contributed by atoms with Gasteiger partial charge >= 0.3 is 0 Å². The first kappa shape index (κ1) is 17.7. The number of hydrogen-bond acceptors (Lipinski definition) is 7. The SMILES string of the molecule is CC1COCCN1c1cc(C2(C#N)CCCCC2)nc(Nc2ccn[nH]2)n1. The van der Waals surface area contributed by atoms with E-state index in [1.807, 2.05) is 12.1 Å². The van der Waals surface area contributed by atoms with Crippen LogP contribution in [0.3, 0.4) is 0 Å². The Labute approximate surface area is 159 Å².